The minimum Gasteiger partial charge on any atom is -0.394 e. The highest BCUT2D eigenvalue weighted by Crippen LogP contribution is 2.34. The van der Waals surface area contributed by atoms with Gasteiger partial charge < -0.3 is 60.4 Å². The lowest BCUT2D eigenvalue weighted by Gasteiger charge is -2.44. The van der Waals surface area contributed by atoms with Gasteiger partial charge in [0.2, 0.25) is 0 Å². The van der Waals surface area contributed by atoms with E-state index in [0.29, 0.717) is 12.8 Å². The van der Waals surface area contributed by atoms with Gasteiger partial charge in [0.15, 0.2) is 12.6 Å². The summed E-state index contributed by atoms with van der Waals surface area (Å²) in [4.78, 5) is 0. The predicted octanol–water partition coefficient (Wildman–Crippen LogP) is -2.83. The number of rotatable bonds is 6. The second-order valence-corrected chi connectivity index (χ2v) is 9.96. The van der Waals surface area contributed by atoms with Crippen LogP contribution in [0, 0.1) is 11.8 Å². The lowest BCUT2D eigenvalue weighted by Crippen LogP contribution is -2.60. The molecule has 3 aliphatic rings. The lowest BCUT2D eigenvalue weighted by atomic mass is 9.90. The first-order valence-electron chi connectivity index (χ1n) is 12.1. The zero-order chi connectivity index (χ0) is 25.3. The molecule has 10 unspecified atom stereocenters. The molecule has 15 atom stereocenters. The SMILES string of the molecule is CCC1O[C@H](OC2C(C)CC(N)CC(OC3O[C@H](CO)C(O)C(C)[C@H]3O)[C@H]2O)C(O)C(O)[C@@H]1O. The van der Waals surface area contributed by atoms with Gasteiger partial charge in [0, 0.05) is 12.0 Å². The van der Waals surface area contributed by atoms with Gasteiger partial charge in [0.05, 0.1) is 31.0 Å². The highest BCUT2D eigenvalue weighted by atomic mass is 16.7. The van der Waals surface area contributed by atoms with Crippen molar-refractivity contribution in [2.24, 2.45) is 17.6 Å². The molecule has 0 spiro atoms. The van der Waals surface area contributed by atoms with Crippen LogP contribution in [0.15, 0.2) is 0 Å². The van der Waals surface area contributed by atoms with Gasteiger partial charge in [0.25, 0.3) is 0 Å². The third-order valence-corrected chi connectivity index (χ3v) is 7.39. The Morgan fingerprint density at radius 1 is 0.765 bits per heavy atom. The molecule has 2 aliphatic heterocycles. The molecule has 0 aromatic rings. The van der Waals surface area contributed by atoms with E-state index in [-0.39, 0.29) is 18.4 Å². The summed E-state index contributed by atoms with van der Waals surface area (Å²) < 4.78 is 23.1. The van der Waals surface area contributed by atoms with E-state index in [1.54, 1.807) is 13.8 Å². The molecule has 12 heteroatoms. The van der Waals surface area contributed by atoms with Crippen molar-refractivity contribution in [1.82, 2.24) is 0 Å². The molecule has 0 radical (unpaired) electrons. The van der Waals surface area contributed by atoms with Gasteiger partial charge in [0.1, 0.15) is 36.6 Å². The van der Waals surface area contributed by atoms with Crippen molar-refractivity contribution in [1.29, 1.82) is 0 Å². The molecule has 0 aromatic carbocycles. The van der Waals surface area contributed by atoms with E-state index in [1.165, 1.54) is 0 Å². The first-order chi connectivity index (χ1) is 16.0. The van der Waals surface area contributed by atoms with Gasteiger partial charge in [-0.2, -0.15) is 0 Å². The zero-order valence-electron chi connectivity index (χ0n) is 19.8. The summed E-state index contributed by atoms with van der Waals surface area (Å²) in [5.41, 5.74) is 6.24. The van der Waals surface area contributed by atoms with Crippen LogP contribution in [0.2, 0.25) is 0 Å². The molecule has 2 saturated heterocycles. The molecule has 0 amide bonds. The average Bonchev–Trinajstić information content (AvgIpc) is 2.90. The Bertz CT molecular complexity index is 640. The van der Waals surface area contributed by atoms with E-state index < -0.39 is 86.1 Å². The monoisotopic (exact) mass is 495 g/mol. The maximum atomic E-state index is 11.2. The van der Waals surface area contributed by atoms with Crippen molar-refractivity contribution in [3.05, 3.63) is 0 Å². The molecular weight excluding hydrogens is 454 g/mol. The topological polar surface area (TPSA) is 205 Å². The van der Waals surface area contributed by atoms with E-state index in [4.69, 9.17) is 24.7 Å². The van der Waals surface area contributed by atoms with Crippen LogP contribution in [-0.4, -0.2) is 122 Å². The van der Waals surface area contributed by atoms with Crippen LogP contribution in [0.5, 0.6) is 0 Å². The summed E-state index contributed by atoms with van der Waals surface area (Å²) in [6.45, 7) is 4.71. The summed E-state index contributed by atoms with van der Waals surface area (Å²) in [6.07, 6.45) is -12.9. The Labute approximate surface area is 199 Å². The minimum absolute atomic E-state index is 0.214. The van der Waals surface area contributed by atoms with Crippen molar-refractivity contribution >= 4 is 0 Å². The summed E-state index contributed by atoms with van der Waals surface area (Å²) in [5, 5.41) is 72.2. The molecule has 34 heavy (non-hydrogen) atoms. The Balaban J connectivity index is 1.76. The van der Waals surface area contributed by atoms with Crippen LogP contribution in [0.25, 0.3) is 0 Å². The van der Waals surface area contributed by atoms with Crippen LogP contribution in [0.4, 0.5) is 0 Å². The molecule has 0 aromatic heterocycles. The standard InChI is InChI=1S/C22H41NO11/c1-4-11-16(27)18(29)19(30)22(31-11)34-20-8(2)5-10(23)6-12(17(20)28)32-21-15(26)9(3)14(25)13(7-24)33-21/h8-22,24-30H,4-7,23H2,1-3H3/t8?,9?,10?,11?,12?,13-,14?,15-,16-,17-,18?,19?,20?,21?,22-/m1/s1. The molecular formula is C22H41NO11. The number of hydrogen-bond acceptors (Lipinski definition) is 12. The second-order valence-electron chi connectivity index (χ2n) is 9.96. The van der Waals surface area contributed by atoms with E-state index in [1.807, 2.05) is 6.92 Å². The molecule has 12 nitrogen and oxygen atoms in total. The lowest BCUT2D eigenvalue weighted by molar-refractivity contribution is -0.330. The summed E-state index contributed by atoms with van der Waals surface area (Å²) >= 11 is 0. The van der Waals surface area contributed by atoms with Gasteiger partial charge in [-0.1, -0.05) is 20.8 Å². The summed E-state index contributed by atoms with van der Waals surface area (Å²) in [7, 11) is 0. The molecule has 9 N–H and O–H groups in total. The number of nitrogens with two attached hydrogens (primary N) is 1. The molecule has 3 fully saturated rings. The van der Waals surface area contributed by atoms with Gasteiger partial charge in [-0.05, 0) is 25.2 Å². The number of hydrogen-bond donors (Lipinski definition) is 8. The highest BCUT2D eigenvalue weighted by Gasteiger charge is 2.49. The maximum absolute atomic E-state index is 11.2. The first-order valence-corrected chi connectivity index (χ1v) is 12.1. The molecule has 2 heterocycles. The molecule has 200 valence electrons. The largest absolute Gasteiger partial charge is 0.394 e. The first kappa shape index (κ1) is 28.1. The van der Waals surface area contributed by atoms with Crippen LogP contribution < -0.4 is 5.73 Å². The van der Waals surface area contributed by atoms with Crippen LogP contribution in [0.3, 0.4) is 0 Å². The Morgan fingerprint density at radius 3 is 2.00 bits per heavy atom. The zero-order valence-corrected chi connectivity index (χ0v) is 19.8. The van der Waals surface area contributed by atoms with Gasteiger partial charge in [-0.25, -0.2) is 0 Å². The Hall–Kier alpha value is -0.480. The predicted molar refractivity (Wildman–Crippen MR) is 116 cm³/mol. The van der Waals surface area contributed by atoms with E-state index in [9.17, 15) is 35.7 Å². The van der Waals surface area contributed by atoms with Gasteiger partial charge in [-0.3, -0.25) is 0 Å². The molecule has 3 rings (SSSR count). The van der Waals surface area contributed by atoms with Crippen molar-refractivity contribution in [3.63, 3.8) is 0 Å². The van der Waals surface area contributed by atoms with Gasteiger partial charge >= 0.3 is 0 Å². The fraction of sp³-hybridized carbons (Fsp3) is 1.00. The van der Waals surface area contributed by atoms with E-state index in [0.717, 1.165) is 0 Å². The third kappa shape index (κ3) is 5.74. The average molecular weight is 496 g/mol. The quantitative estimate of drug-likeness (QED) is 0.176. The number of ether oxygens (including phenoxy) is 4. The van der Waals surface area contributed by atoms with Crippen molar-refractivity contribution in [2.75, 3.05) is 6.61 Å². The van der Waals surface area contributed by atoms with E-state index in [2.05, 4.69) is 0 Å². The number of aliphatic hydroxyl groups excluding tert-OH is 7. The molecule has 0 bridgehead atoms. The maximum Gasteiger partial charge on any atom is 0.186 e. The summed E-state index contributed by atoms with van der Waals surface area (Å²) in [5.74, 6) is -0.940. The number of aliphatic hydroxyl groups is 7. The smallest absolute Gasteiger partial charge is 0.186 e. The van der Waals surface area contributed by atoms with Crippen molar-refractivity contribution < 1.29 is 54.7 Å². The van der Waals surface area contributed by atoms with Crippen molar-refractivity contribution in [3.8, 4) is 0 Å². The van der Waals surface area contributed by atoms with Crippen LogP contribution in [0.1, 0.15) is 40.0 Å². The molecule has 1 aliphatic carbocycles. The van der Waals surface area contributed by atoms with E-state index >= 15 is 0 Å². The normalized spacial score (nSPS) is 52.9. The minimum atomic E-state index is -1.54. The fourth-order valence-electron chi connectivity index (χ4n) is 5.12. The molecule has 1 saturated carbocycles. The fourth-order valence-corrected chi connectivity index (χ4v) is 5.12. The second kappa shape index (κ2) is 11.7. The highest BCUT2D eigenvalue weighted by molar-refractivity contribution is 4.95. The van der Waals surface area contributed by atoms with Crippen molar-refractivity contribution in [2.45, 2.75) is 120 Å². The van der Waals surface area contributed by atoms with Gasteiger partial charge in [-0.15, -0.1) is 0 Å². The summed E-state index contributed by atoms with van der Waals surface area (Å²) in [6, 6.07) is -0.381. The Kier molecular flexibility index (Phi) is 9.68. The van der Waals surface area contributed by atoms with Crippen LogP contribution in [-0.2, 0) is 18.9 Å². The Morgan fingerprint density at radius 2 is 1.38 bits per heavy atom. The van der Waals surface area contributed by atoms with Crippen LogP contribution >= 0.6 is 0 Å². The third-order valence-electron chi connectivity index (χ3n) is 7.39.